The van der Waals surface area contributed by atoms with Gasteiger partial charge in [0.25, 0.3) is 0 Å². The minimum Gasteiger partial charge on any atom is -0.361 e. The molecule has 0 saturated carbocycles. The monoisotopic (exact) mass is 395 g/mol. The normalized spacial score (nSPS) is 14.1. The Morgan fingerprint density at radius 3 is 2.44 bits per heavy atom. The Kier molecular flexibility index (Phi) is 6.81. The van der Waals surface area contributed by atoms with E-state index in [1.807, 2.05) is 38.1 Å². The predicted molar refractivity (Wildman–Crippen MR) is 103 cm³/mol. The first-order valence-corrected chi connectivity index (χ1v) is 10.4. The number of aromatic amines is 1. The third-order valence-electron chi connectivity index (χ3n) is 4.20. The van der Waals surface area contributed by atoms with Crippen LogP contribution in [0.25, 0.3) is 10.9 Å². The zero-order valence-corrected chi connectivity index (χ0v) is 16.5. The number of carbonyl (C=O) groups is 2. The number of fused-ring (bicyclic) bond motifs is 1. The van der Waals surface area contributed by atoms with E-state index in [1.54, 1.807) is 6.20 Å². The van der Waals surface area contributed by atoms with Gasteiger partial charge in [-0.25, -0.2) is 0 Å². The van der Waals surface area contributed by atoms with Crippen LogP contribution in [0.3, 0.4) is 0 Å². The lowest BCUT2D eigenvalue weighted by atomic mass is 10.0. The Morgan fingerprint density at radius 2 is 1.85 bits per heavy atom. The molecule has 1 heterocycles. The van der Waals surface area contributed by atoms with Gasteiger partial charge in [0.05, 0.1) is 0 Å². The van der Waals surface area contributed by atoms with E-state index in [9.17, 15) is 23.9 Å². The SMILES string of the molecule is CC(=O)NC(CC(C)C)C(=O)NC(Cc1c[nH]c2ccccc12)P(=O)(O)O. The zero-order chi connectivity index (χ0) is 20.2. The van der Waals surface area contributed by atoms with Crippen LogP contribution < -0.4 is 10.6 Å². The highest BCUT2D eigenvalue weighted by Crippen LogP contribution is 2.42. The standard InChI is InChI=1S/C18H26N3O5P/c1-11(2)8-16(20-12(3)22)18(23)21-17(27(24,25)26)9-13-10-19-15-7-5-4-6-14(13)15/h4-7,10-11,16-17,19H,8-9H2,1-3H3,(H,20,22)(H,21,23)(H2,24,25,26). The maximum absolute atomic E-state index is 12.6. The van der Waals surface area contributed by atoms with Crippen molar-refractivity contribution in [3.8, 4) is 0 Å². The topological polar surface area (TPSA) is 132 Å². The van der Waals surface area contributed by atoms with Crippen LogP contribution >= 0.6 is 7.60 Å². The molecule has 2 atom stereocenters. The Hall–Kier alpha value is -2.15. The van der Waals surface area contributed by atoms with Gasteiger partial charge in [-0.15, -0.1) is 0 Å². The van der Waals surface area contributed by atoms with Crippen LogP contribution in [-0.4, -0.2) is 38.4 Å². The molecule has 2 aromatic rings. The molecule has 0 spiro atoms. The maximum Gasteiger partial charge on any atom is 0.347 e. The van der Waals surface area contributed by atoms with Gasteiger partial charge in [0.2, 0.25) is 11.8 Å². The quantitative estimate of drug-likeness (QED) is 0.436. The van der Waals surface area contributed by atoms with Crippen LogP contribution in [0.4, 0.5) is 0 Å². The number of rotatable bonds is 8. The summed E-state index contributed by atoms with van der Waals surface area (Å²) in [4.78, 5) is 46.5. The van der Waals surface area contributed by atoms with Gasteiger partial charge in [-0.3, -0.25) is 14.2 Å². The molecule has 0 saturated heterocycles. The van der Waals surface area contributed by atoms with Gasteiger partial charge in [-0.2, -0.15) is 0 Å². The highest BCUT2D eigenvalue weighted by molar-refractivity contribution is 7.52. The third kappa shape index (κ3) is 5.92. The first kappa shape index (κ1) is 21.2. The summed E-state index contributed by atoms with van der Waals surface area (Å²) in [6.07, 6.45) is 2.01. The molecule has 2 rings (SSSR count). The minimum atomic E-state index is -4.62. The molecule has 0 bridgehead atoms. The Balaban J connectivity index is 2.22. The lowest BCUT2D eigenvalue weighted by Gasteiger charge is -2.24. The number of nitrogens with one attached hydrogen (secondary N) is 3. The fourth-order valence-electron chi connectivity index (χ4n) is 2.98. The largest absolute Gasteiger partial charge is 0.361 e. The van der Waals surface area contributed by atoms with Crippen molar-refractivity contribution < 1.29 is 23.9 Å². The number of amides is 2. The van der Waals surface area contributed by atoms with E-state index in [0.717, 1.165) is 10.9 Å². The summed E-state index contributed by atoms with van der Waals surface area (Å²) in [5.41, 5.74) is 1.54. The summed E-state index contributed by atoms with van der Waals surface area (Å²) in [6.45, 7) is 5.09. The van der Waals surface area contributed by atoms with Crippen LogP contribution in [0.5, 0.6) is 0 Å². The van der Waals surface area contributed by atoms with E-state index in [2.05, 4.69) is 15.6 Å². The fourth-order valence-corrected chi connectivity index (χ4v) is 3.71. The van der Waals surface area contributed by atoms with Gasteiger partial charge in [0.15, 0.2) is 0 Å². The molecule has 148 valence electrons. The number of para-hydroxylation sites is 1. The molecular weight excluding hydrogens is 369 g/mol. The van der Waals surface area contributed by atoms with Gasteiger partial charge < -0.3 is 25.4 Å². The predicted octanol–water partition coefficient (Wildman–Crippen LogP) is 1.88. The minimum absolute atomic E-state index is 0.0332. The second kappa shape index (κ2) is 8.69. The van der Waals surface area contributed by atoms with Crippen molar-refractivity contribution in [1.82, 2.24) is 15.6 Å². The molecule has 1 aromatic carbocycles. The smallest absolute Gasteiger partial charge is 0.347 e. The fraction of sp³-hybridized carbons (Fsp3) is 0.444. The molecule has 8 nitrogen and oxygen atoms in total. The molecule has 2 unspecified atom stereocenters. The van der Waals surface area contributed by atoms with E-state index in [0.29, 0.717) is 12.0 Å². The van der Waals surface area contributed by atoms with E-state index in [1.165, 1.54) is 6.92 Å². The second-order valence-corrected chi connectivity index (χ2v) is 8.86. The van der Waals surface area contributed by atoms with Gasteiger partial charge in [0.1, 0.15) is 11.8 Å². The van der Waals surface area contributed by atoms with Gasteiger partial charge in [-0.05, 0) is 24.0 Å². The molecule has 0 aliphatic rings. The molecule has 27 heavy (non-hydrogen) atoms. The first-order chi connectivity index (χ1) is 12.6. The molecule has 9 heteroatoms. The van der Waals surface area contributed by atoms with Gasteiger partial charge in [-0.1, -0.05) is 32.0 Å². The number of carbonyl (C=O) groups excluding carboxylic acids is 2. The number of hydrogen-bond acceptors (Lipinski definition) is 3. The maximum atomic E-state index is 12.6. The van der Waals surface area contributed by atoms with Crippen molar-refractivity contribution in [3.05, 3.63) is 36.0 Å². The molecule has 0 fully saturated rings. The molecular formula is C18H26N3O5P. The third-order valence-corrected chi connectivity index (χ3v) is 5.33. The summed E-state index contributed by atoms with van der Waals surface area (Å²) in [5, 5.41) is 5.82. The second-order valence-electron chi connectivity index (χ2n) is 7.06. The van der Waals surface area contributed by atoms with Crippen molar-refractivity contribution in [2.45, 2.75) is 45.4 Å². The highest BCUT2D eigenvalue weighted by atomic mass is 31.2. The Labute approximate surface area is 157 Å². The van der Waals surface area contributed by atoms with Crippen LogP contribution in [0.2, 0.25) is 0 Å². The lowest BCUT2D eigenvalue weighted by molar-refractivity contribution is -0.128. The number of H-pyrrole nitrogens is 1. The Morgan fingerprint density at radius 1 is 1.19 bits per heavy atom. The summed E-state index contributed by atoms with van der Waals surface area (Å²) >= 11 is 0. The number of hydrogen-bond donors (Lipinski definition) is 5. The van der Waals surface area contributed by atoms with Crippen molar-refractivity contribution in [2.24, 2.45) is 5.92 Å². The summed E-state index contributed by atoms with van der Waals surface area (Å²) in [6, 6.07) is 6.55. The van der Waals surface area contributed by atoms with E-state index < -0.39 is 25.3 Å². The van der Waals surface area contributed by atoms with Crippen LogP contribution in [0, 0.1) is 5.92 Å². The van der Waals surface area contributed by atoms with Crippen LogP contribution in [0.1, 0.15) is 32.8 Å². The average Bonchev–Trinajstić information content (AvgIpc) is 2.95. The number of aromatic nitrogens is 1. The molecule has 2 amide bonds. The van der Waals surface area contributed by atoms with Gasteiger partial charge in [0, 0.05) is 30.4 Å². The van der Waals surface area contributed by atoms with E-state index in [-0.39, 0.29) is 18.2 Å². The summed E-state index contributed by atoms with van der Waals surface area (Å²) in [5.74, 6) is -2.24. The Bertz CT molecular complexity index is 858. The summed E-state index contributed by atoms with van der Waals surface area (Å²) in [7, 11) is -4.62. The highest BCUT2D eigenvalue weighted by Gasteiger charge is 2.33. The average molecular weight is 395 g/mol. The molecule has 5 N–H and O–H groups in total. The first-order valence-electron chi connectivity index (χ1n) is 8.75. The van der Waals surface area contributed by atoms with E-state index in [4.69, 9.17) is 0 Å². The summed E-state index contributed by atoms with van der Waals surface area (Å²) < 4.78 is 12.0. The molecule has 0 radical (unpaired) electrons. The molecule has 0 aliphatic heterocycles. The van der Waals surface area contributed by atoms with Crippen molar-refractivity contribution in [1.29, 1.82) is 0 Å². The van der Waals surface area contributed by atoms with Gasteiger partial charge >= 0.3 is 7.60 Å². The van der Waals surface area contributed by atoms with Crippen molar-refractivity contribution in [3.63, 3.8) is 0 Å². The van der Waals surface area contributed by atoms with Crippen LogP contribution in [0.15, 0.2) is 30.5 Å². The number of benzene rings is 1. The van der Waals surface area contributed by atoms with Crippen molar-refractivity contribution >= 4 is 30.3 Å². The van der Waals surface area contributed by atoms with Crippen LogP contribution in [-0.2, 0) is 20.6 Å². The lowest BCUT2D eigenvalue weighted by Crippen LogP contribution is -2.50. The molecule has 1 aromatic heterocycles. The molecule has 0 aliphatic carbocycles. The van der Waals surface area contributed by atoms with Crippen molar-refractivity contribution in [2.75, 3.05) is 0 Å². The van der Waals surface area contributed by atoms with E-state index >= 15 is 0 Å². The zero-order valence-electron chi connectivity index (χ0n) is 15.6.